The first kappa shape index (κ1) is 21.1. The number of hydrogen-bond donors (Lipinski definition) is 1. The van der Waals surface area contributed by atoms with Crippen LogP contribution in [0.3, 0.4) is 0 Å². The van der Waals surface area contributed by atoms with Crippen LogP contribution in [0, 0.1) is 5.82 Å². The molecule has 0 bridgehead atoms. The highest BCUT2D eigenvalue weighted by molar-refractivity contribution is 7.16. The molecule has 2 aromatic heterocycles. The minimum absolute atomic E-state index is 0.187. The number of hydrogen-bond acceptors (Lipinski definition) is 7. The molecule has 3 aromatic rings. The number of fused-ring (bicyclic) bond motifs is 1. The molecule has 4 rings (SSSR count). The van der Waals surface area contributed by atoms with Crippen molar-refractivity contribution in [1.29, 1.82) is 0 Å². The summed E-state index contributed by atoms with van der Waals surface area (Å²) in [5.41, 5.74) is 0.231. The van der Waals surface area contributed by atoms with Crippen molar-refractivity contribution in [2.45, 2.75) is 44.6 Å². The Kier molecular flexibility index (Phi) is 6.36. The SMILES string of the molecule is O=C(CNC(=O)c1ccc(F)cc1)OCc1cc(=O)n2nc(C3CCCCC3)sc2n1. The Balaban J connectivity index is 1.34. The van der Waals surface area contributed by atoms with E-state index >= 15 is 0 Å². The number of carbonyl (C=O) groups is 2. The summed E-state index contributed by atoms with van der Waals surface area (Å²) in [6.07, 6.45) is 5.72. The maximum absolute atomic E-state index is 12.9. The molecule has 0 spiro atoms. The molecule has 1 aliphatic rings. The Morgan fingerprint density at radius 1 is 1.19 bits per heavy atom. The predicted octanol–water partition coefficient (Wildman–Crippen LogP) is 2.81. The van der Waals surface area contributed by atoms with Crippen LogP contribution in [0.25, 0.3) is 4.96 Å². The van der Waals surface area contributed by atoms with Gasteiger partial charge >= 0.3 is 5.97 Å². The highest BCUT2D eigenvalue weighted by Gasteiger charge is 2.21. The van der Waals surface area contributed by atoms with Crippen LogP contribution in [-0.4, -0.2) is 33.0 Å². The van der Waals surface area contributed by atoms with E-state index < -0.39 is 17.7 Å². The van der Waals surface area contributed by atoms with Crippen molar-refractivity contribution in [3.05, 3.63) is 62.8 Å². The molecule has 31 heavy (non-hydrogen) atoms. The second-order valence-corrected chi connectivity index (χ2v) is 8.39. The normalized spacial score (nSPS) is 14.5. The lowest BCUT2D eigenvalue weighted by molar-refractivity contribution is -0.143. The number of ether oxygens (including phenoxy) is 1. The van der Waals surface area contributed by atoms with Crippen molar-refractivity contribution in [1.82, 2.24) is 19.9 Å². The first-order chi connectivity index (χ1) is 15.0. The molecule has 0 radical (unpaired) electrons. The molecule has 1 saturated carbocycles. The van der Waals surface area contributed by atoms with Gasteiger partial charge < -0.3 is 10.1 Å². The lowest BCUT2D eigenvalue weighted by Crippen LogP contribution is -2.30. The van der Waals surface area contributed by atoms with Crippen LogP contribution in [0.4, 0.5) is 4.39 Å². The van der Waals surface area contributed by atoms with E-state index in [-0.39, 0.29) is 24.3 Å². The summed E-state index contributed by atoms with van der Waals surface area (Å²) < 4.78 is 19.3. The average Bonchev–Trinajstić information content (AvgIpc) is 3.22. The average molecular weight is 444 g/mol. The van der Waals surface area contributed by atoms with Gasteiger partial charge in [0.25, 0.3) is 11.5 Å². The van der Waals surface area contributed by atoms with E-state index in [1.54, 1.807) is 0 Å². The lowest BCUT2D eigenvalue weighted by Gasteiger charge is -2.18. The molecule has 0 atom stereocenters. The van der Waals surface area contributed by atoms with Crippen LogP contribution in [-0.2, 0) is 16.1 Å². The first-order valence-corrected chi connectivity index (χ1v) is 10.9. The zero-order valence-corrected chi connectivity index (χ0v) is 17.5. The van der Waals surface area contributed by atoms with Gasteiger partial charge in [0.05, 0.1) is 5.69 Å². The standard InChI is InChI=1S/C21H21FN4O4S/c22-15-8-6-13(7-9-15)19(29)23-11-18(28)30-12-16-10-17(27)26-21(24-16)31-20(25-26)14-4-2-1-3-5-14/h6-10,14H,1-5,11-12H2,(H,23,29). The fourth-order valence-corrected chi connectivity index (χ4v) is 4.61. The van der Waals surface area contributed by atoms with E-state index in [1.165, 1.54) is 53.3 Å². The molecule has 2 heterocycles. The van der Waals surface area contributed by atoms with Gasteiger partial charge in [-0.05, 0) is 37.1 Å². The molecule has 1 fully saturated rings. The third-order valence-electron chi connectivity index (χ3n) is 5.15. The van der Waals surface area contributed by atoms with Crippen molar-refractivity contribution in [2.75, 3.05) is 6.54 Å². The molecule has 162 valence electrons. The van der Waals surface area contributed by atoms with E-state index in [4.69, 9.17) is 4.74 Å². The van der Waals surface area contributed by atoms with Gasteiger partial charge in [-0.2, -0.15) is 9.61 Å². The number of aromatic nitrogens is 3. The molecule has 1 aromatic carbocycles. The minimum Gasteiger partial charge on any atom is -0.458 e. The Morgan fingerprint density at radius 3 is 2.68 bits per heavy atom. The number of nitrogens with one attached hydrogen (secondary N) is 1. The Labute approximate surface area is 181 Å². The second-order valence-electron chi connectivity index (χ2n) is 7.41. The summed E-state index contributed by atoms with van der Waals surface area (Å²) in [7, 11) is 0. The molecule has 0 aliphatic heterocycles. The lowest BCUT2D eigenvalue weighted by atomic mass is 9.90. The van der Waals surface area contributed by atoms with Gasteiger partial charge in [0.2, 0.25) is 4.96 Å². The van der Waals surface area contributed by atoms with E-state index in [1.807, 2.05) is 0 Å². The molecule has 0 saturated heterocycles. The number of halogens is 1. The van der Waals surface area contributed by atoms with Crippen molar-refractivity contribution >= 4 is 28.2 Å². The topological polar surface area (TPSA) is 103 Å². The van der Waals surface area contributed by atoms with Gasteiger partial charge in [-0.15, -0.1) is 0 Å². The monoisotopic (exact) mass is 444 g/mol. The van der Waals surface area contributed by atoms with Gasteiger partial charge in [-0.1, -0.05) is 30.6 Å². The molecule has 1 aliphatic carbocycles. The maximum atomic E-state index is 12.9. The summed E-state index contributed by atoms with van der Waals surface area (Å²) in [5, 5.41) is 7.76. The Morgan fingerprint density at radius 2 is 1.94 bits per heavy atom. The van der Waals surface area contributed by atoms with Crippen LogP contribution in [0.2, 0.25) is 0 Å². The zero-order chi connectivity index (χ0) is 21.8. The smallest absolute Gasteiger partial charge is 0.325 e. The van der Waals surface area contributed by atoms with E-state index in [0.717, 1.165) is 30.0 Å². The summed E-state index contributed by atoms with van der Waals surface area (Å²) in [4.78, 5) is 41.2. The third-order valence-corrected chi connectivity index (χ3v) is 6.22. The molecular weight excluding hydrogens is 423 g/mol. The second kappa shape index (κ2) is 9.34. The molecule has 1 N–H and O–H groups in total. The number of benzene rings is 1. The van der Waals surface area contributed by atoms with Gasteiger partial charge in [-0.3, -0.25) is 14.4 Å². The van der Waals surface area contributed by atoms with E-state index in [2.05, 4.69) is 15.4 Å². The molecule has 0 unspecified atom stereocenters. The fraction of sp³-hybridized carbons (Fsp3) is 0.381. The van der Waals surface area contributed by atoms with Gasteiger partial charge in [0.1, 0.15) is 24.0 Å². The Bertz CT molecular complexity index is 1150. The number of nitrogens with zero attached hydrogens (tertiary/aromatic N) is 3. The van der Waals surface area contributed by atoms with Gasteiger partial charge in [-0.25, -0.2) is 9.37 Å². The highest BCUT2D eigenvalue weighted by atomic mass is 32.1. The summed E-state index contributed by atoms with van der Waals surface area (Å²) in [5.74, 6) is -1.28. The van der Waals surface area contributed by atoms with Crippen LogP contribution >= 0.6 is 11.3 Å². The van der Waals surface area contributed by atoms with Crippen LogP contribution < -0.4 is 10.9 Å². The molecule has 8 nitrogen and oxygen atoms in total. The van der Waals surface area contributed by atoms with Crippen molar-refractivity contribution in [2.24, 2.45) is 0 Å². The van der Waals surface area contributed by atoms with Crippen molar-refractivity contribution in [3.63, 3.8) is 0 Å². The fourth-order valence-electron chi connectivity index (χ4n) is 3.52. The van der Waals surface area contributed by atoms with Crippen molar-refractivity contribution < 1.29 is 18.7 Å². The largest absolute Gasteiger partial charge is 0.458 e. The summed E-state index contributed by atoms with van der Waals surface area (Å²) >= 11 is 1.40. The van der Waals surface area contributed by atoms with E-state index in [0.29, 0.717) is 16.6 Å². The maximum Gasteiger partial charge on any atom is 0.325 e. The molecular formula is C21H21FN4O4S. The number of rotatable bonds is 6. The van der Waals surface area contributed by atoms with Gasteiger partial charge in [0.15, 0.2) is 0 Å². The molecule has 1 amide bonds. The van der Waals surface area contributed by atoms with Crippen LogP contribution in [0.15, 0.2) is 35.1 Å². The Hall–Kier alpha value is -3.14. The number of esters is 1. The summed E-state index contributed by atoms with van der Waals surface area (Å²) in [6, 6.07) is 6.25. The number of carbonyl (C=O) groups excluding carboxylic acids is 2. The number of amides is 1. The highest BCUT2D eigenvalue weighted by Crippen LogP contribution is 2.34. The summed E-state index contributed by atoms with van der Waals surface area (Å²) in [6.45, 7) is -0.544. The van der Waals surface area contributed by atoms with Crippen LogP contribution in [0.1, 0.15) is 59.1 Å². The molecule has 10 heteroatoms. The quantitative estimate of drug-likeness (QED) is 0.587. The predicted molar refractivity (Wildman–Crippen MR) is 111 cm³/mol. The first-order valence-electron chi connectivity index (χ1n) is 10.1. The zero-order valence-electron chi connectivity index (χ0n) is 16.7. The van der Waals surface area contributed by atoms with Gasteiger partial charge in [0, 0.05) is 17.5 Å². The minimum atomic E-state index is -0.676. The van der Waals surface area contributed by atoms with Crippen LogP contribution in [0.5, 0.6) is 0 Å². The van der Waals surface area contributed by atoms with Crippen molar-refractivity contribution in [3.8, 4) is 0 Å². The van der Waals surface area contributed by atoms with E-state index in [9.17, 15) is 18.8 Å². The third kappa shape index (κ3) is 5.13.